The lowest BCUT2D eigenvalue weighted by Gasteiger charge is -2.33. The van der Waals surface area contributed by atoms with E-state index in [0.717, 1.165) is 17.7 Å². The van der Waals surface area contributed by atoms with E-state index >= 15 is 0 Å². The summed E-state index contributed by atoms with van der Waals surface area (Å²) in [5.74, 6) is -0.855. The average molecular weight is 475 g/mol. The Morgan fingerprint density at radius 3 is 2.44 bits per heavy atom. The van der Waals surface area contributed by atoms with Crippen molar-refractivity contribution in [1.82, 2.24) is 4.90 Å². The van der Waals surface area contributed by atoms with Gasteiger partial charge in [0.15, 0.2) is 0 Å². The predicted octanol–water partition coefficient (Wildman–Crippen LogP) is 4.49. The lowest BCUT2D eigenvalue weighted by molar-refractivity contribution is -0.0227. The number of rotatable bonds is 5. The molecule has 1 heterocycles. The summed E-state index contributed by atoms with van der Waals surface area (Å²) in [6.07, 6.45) is -0.312. The van der Waals surface area contributed by atoms with E-state index in [4.69, 9.17) is 16.3 Å². The minimum atomic E-state index is -4.00. The van der Waals surface area contributed by atoms with E-state index in [0.29, 0.717) is 24.7 Å². The first-order valence-electron chi connectivity index (χ1n) is 9.87. The van der Waals surface area contributed by atoms with Crippen molar-refractivity contribution >= 4 is 33.2 Å². The second-order valence-corrected chi connectivity index (χ2v) is 9.39. The van der Waals surface area contributed by atoms with Crippen molar-refractivity contribution in [3.05, 3.63) is 94.8 Å². The summed E-state index contributed by atoms with van der Waals surface area (Å²) < 4.78 is 46.9. The van der Waals surface area contributed by atoms with Crippen molar-refractivity contribution in [2.24, 2.45) is 0 Å². The quantitative estimate of drug-likeness (QED) is 0.591. The molecule has 1 N–H and O–H groups in total. The highest BCUT2D eigenvalue weighted by molar-refractivity contribution is 7.92. The fourth-order valence-electron chi connectivity index (χ4n) is 3.46. The zero-order valence-corrected chi connectivity index (χ0v) is 18.4. The van der Waals surface area contributed by atoms with Crippen LogP contribution < -0.4 is 4.72 Å². The fourth-order valence-corrected chi connectivity index (χ4v) is 4.66. The number of carbonyl (C=O) groups is 1. The molecule has 1 aliphatic rings. The fraction of sp³-hybridized carbons (Fsp3) is 0.174. The Kier molecular flexibility index (Phi) is 6.45. The third-order valence-electron chi connectivity index (χ3n) is 5.12. The van der Waals surface area contributed by atoms with E-state index in [9.17, 15) is 17.6 Å². The molecule has 1 saturated heterocycles. The monoisotopic (exact) mass is 474 g/mol. The van der Waals surface area contributed by atoms with Gasteiger partial charge in [0.1, 0.15) is 11.9 Å². The Balaban J connectivity index is 1.55. The molecule has 32 heavy (non-hydrogen) atoms. The molecular formula is C23H20ClFN2O4S. The van der Waals surface area contributed by atoms with Gasteiger partial charge in [0.05, 0.1) is 29.3 Å². The second kappa shape index (κ2) is 9.28. The van der Waals surface area contributed by atoms with Crippen molar-refractivity contribution < 1.29 is 22.3 Å². The standard InChI is InChI=1S/C23H20ClFN2O4S/c24-17-7-5-16(6-8-17)22-15-27(13-14-31-22)23(28)20-3-1-2-4-21(20)26-32(29,30)19-11-9-18(25)10-12-19/h1-12,22,26H,13-15H2. The lowest BCUT2D eigenvalue weighted by atomic mass is 10.1. The highest BCUT2D eigenvalue weighted by atomic mass is 35.5. The molecular weight excluding hydrogens is 455 g/mol. The Hall–Kier alpha value is -2.94. The van der Waals surface area contributed by atoms with Gasteiger partial charge in [-0.05, 0) is 54.1 Å². The number of hydrogen-bond donors (Lipinski definition) is 1. The summed E-state index contributed by atoms with van der Waals surface area (Å²) in [5, 5.41) is 0.611. The van der Waals surface area contributed by atoms with E-state index in [1.807, 2.05) is 12.1 Å². The normalized spacial score (nSPS) is 16.6. The molecule has 9 heteroatoms. The smallest absolute Gasteiger partial charge is 0.261 e. The van der Waals surface area contributed by atoms with Gasteiger partial charge in [-0.15, -0.1) is 0 Å². The van der Waals surface area contributed by atoms with Crippen LogP contribution in [0.5, 0.6) is 0 Å². The van der Waals surface area contributed by atoms with E-state index < -0.39 is 15.8 Å². The van der Waals surface area contributed by atoms with Gasteiger partial charge in [-0.1, -0.05) is 35.9 Å². The number of amides is 1. The number of carbonyl (C=O) groups excluding carboxylic acids is 1. The number of anilines is 1. The summed E-state index contributed by atoms with van der Waals surface area (Å²) in [4.78, 5) is 14.8. The average Bonchev–Trinajstić information content (AvgIpc) is 2.79. The Bertz CT molecular complexity index is 1220. The van der Waals surface area contributed by atoms with Crippen LogP contribution >= 0.6 is 11.6 Å². The van der Waals surface area contributed by atoms with Crippen LogP contribution in [-0.4, -0.2) is 38.9 Å². The van der Waals surface area contributed by atoms with Crippen molar-refractivity contribution in [2.45, 2.75) is 11.0 Å². The molecule has 0 radical (unpaired) electrons. The Morgan fingerprint density at radius 2 is 1.72 bits per heavy atom. The maximum atomic E-state index is 13.3. The SMILES string of the molecule is O=C(c1ccccc1NS(=O)(=O)c1ccc(F)cc1)N1CCOC(c2ccc(Cl)cc2)C1. The van der Waals surface area contributed by atoms with Crippen LogP contribution in [0.1, 0.15) is 22.0 Å². The van der Waals surface area contributed by atoms with Crippen LogP contribution in [0.25, 0.3) is 0 Å². The maximum absolute atomic E-state index is 13.3. The number of nitrogens with zero attached hydrogens (tertiary/aromatic N) is 1. The summed E-state index contributed by atoms with van der Waals surface area (Å²) in [6, 6.07) is 18.1. The molecule has 0 aromatic heterocycles. The van der Waals surface area contributed by atoms with E-state index in [-0.39, 0.29) is 28.2 Å². The summed E-state index contributed by atoms with van der Waals surface area (Å²) in [6.45, 7) is 1.05. The summed E-state index contributed by atoms with van der Waals surface area (Å²) in [5.41, 5.74) is 1.27. The molecule has 3 aromatic carbocycles. The second-order valence-electron chi connectivity index (χ2n) is 7.27. The highest BCUT2D eigenvalue weighted by Crippen LogP contribution is 2.27. The molecule has 3 aromatic rings. The first kappa shape index (κ1) is 22.3. The first-order chi connectivity index (χ1) is 15.3. The first-order valence-corrected chi connectivity index (χ1v) is 11.7. The van der Waals surface area contributed by atoms with Gasteiger partial charge in [0, 0.05) is 11.6 Å². The predicted molar refractivity (Wildman–Crippen MR) is 120 cm³/mol. The molecule has 0 spiro atoms. The van der Waals surface area contributed by atoms with Crippen LogP contribution in [0.2, 0.25) is 5.02 Å². The summed E-state index contributed by atoms with van der Waals surface area (Å²) >= 11 is 5.95. The highest BCUT2D eigenvalue weighted by Gasteiger charge is 2.28. The van der Waals surface area contributed by atoms with E-state index in [2.05, 4.69) is 4.72 Å². The molecule has 1 aliphatic heterocycles. The molecule has 1 atom stereocenters. The Labute approximate surface area is 190 Å². The lowest BCUT2D eigenvalue weighted by Crippen LogP contribution is -2.42. The minimum absolute atomic E-state index is 0.102. The van der Waals surface area contributed by atoms with Crippen LogP contribution in [0, 0.1) is 5.82 Å². The van der Waals surface area contributed by atoms with Gasteiger partial charge in [0.2, 0.25) is 0 Å². The van der Waals surface area contributed by atoms with E-state index in [1.54, 1.807) is 35.2 Å². The minimum Gasteiger partial charge on any atom is -0.370 e. The largest absolute Gasteiger partial charge is 0.370 e. The van der Waals surface area contributed by atoms with Crippen molar-refractivity contribution in [1.29, 1.82) is 0 Å². The van der Waals surface area contributed by atoms with Gasteiger partial charge in [0.25, 0.3) is 15.9 Å². The van der Waals surface area contributed by atoms with Crippen LogP contribution in [0.3, 0.4) is 0 Å². The number of nitrogens with one attached hydrogen (secondary N) is 1. The number of hydrogen-bond acceptors (Lipinski definition) is 4. The molecule has 1 unspecified atom stereocenters. The maximum Gasteiger partial charge on any atom is 0.261 e. The third kappa shape index (κ3) is 4.93. The topological polar surface area (TPSA) is 75.7 Å². The summed E-state index contributed by atoms with van der Waals surface area (Å²) in [7, 11) is -4.00. The van der Waals surface area contributed by atoms with Crippen LogP contribution in [-0.2, 0) is 14.8 Å². The van der Waals surface area contributed by atoms with Crippen LogP contribution in [0.15, 0.2) is 77.7 Å². The third-order valence-corrected chi connectivity index (χ3v) is 6.75. The number of para-hydroxylation sites is 1. The molecule has 0 saturated carbocycles. The Morgan fingerprint density at radius 1 is 1.03 bits per heavy atom. The molecule has 4 rings (SSSR count). The van der Waals surface area contributed by atoms with Crippen molar-refractivity contribution in [2.75, 3.05) is 24.4 Å². The number of benzene rings is 3. The molecule has 6 nitrogen and oxygen atoms in total. The molecule has 166 valence electrons. The molecule has 0 bridgehead atoms. The number of halogens is 2. The number of morpholine rings is 1. The van der Waals surface area contributed by atoms with Crippen LogP contribution in [0.4, 0.5) is 10.1 Å². The zero-order chi connectivity index (χ0) is 22.7. The van der Waals surface area contributed by atoms with Gasteiger partial charge < -0.3 is 9.64 Å². The molecule has 0 aliphatic carbocycles. The van der Waals surface area contributed by atoms with Gasteiger partial charge in [-0.25, -0.2) is 12.8 Å². The van der Waals surface area contributed by atoms with Gasteiger partial charge in [-0.2, -0.15) is 0 Å². The van der Waals surface area contributed by atoms with Crippen molar-refractivity contribution in [3.63, 3.8) is 0 Å². The zero-order valence-electron chi connectivity index (χ0n) is 16.9. The van der Waals surface area contributed by atoms with E-state index in [1.165, 1.54) is 18.2 Å². The van der Waals surface area contributed by atoms with Gasteiger partial charge >= 0.3 is 0 Å². The molecule has 1 fully saturated rings. The molecule has 1 amide bonds. The van der Waals surface area contributed by atoms with Gasteiger partial charge in [-0.3, -0.25) is 9.52 Å². The van der Waals surface area contributed by atoms with Crippen molar-refractivity contribution in [3.8, 4) is 0 Å². The number of sulfonamides is 1. The number of ether oxygens (including phenoxy) is 1.